The van der Waals surface area contributed by atoms with E-state index in [1.165, 1.54) is 135 Å². The van der Waals surface area contributed by atoms with Crippen LogP contribution in [0, 0.1) is 24.3 Å². The van der Waals surface area contributed by atoms with Crippen LogP contribution in [0.15, 0.2) is 309 Å². The molecular formula is C116H109Ir4N9O6PtS2-4. The molecule has 0 aliphatic carbocycles. The molecular weight excluding hydrogens is 2640 g/mol. The summed E-state index contributed by atoms with van der Waals surface area (Å²) >= 11 is 3.44. The Hall–Kier alpha value is -11.5. The molecule has 2 aliphatic heterocycles. The Morgan fingerprint density at radius 1 is 0.333 bits per heavy atom. The number of carbonyl (C=O) groups is 3. The molecule has 0 saturated heterocycles. The molecule has 22 heteroatoms. The fourth-order valence-electron chi connectivity index (χ4n) is 16.0. The van der Waals surface area contributed by atoms with E-state index in [0.717, 1.165) is 173 Å². The summed E-state index contributed by atoms with van der Waals surface area (Å²) in [5.74, 6) is -0.187. The van der Waals surface area contributed by atoms with Crippen LogP contribution in [0.1, 0.15) is 168 Å². The minimum Gasteiger partial charge on any atom is -0.657 e. The maximum absolute atomic E-state index is 10.0. The Kier molecular flexibility index (Phi) is 46.5. The summed E-state index contributed by atoms with van der Waals surface area (Å²) in [6.45, 7) is 26.5. The molecule has 716 valence electrons. The molecule has 10 heterocycles. The van der Waals surface area contributed by atoms with Gasteiger partial charge in [0, 0.05) is 131 Å². The van der Waals surface area contributed by atoms with Crippen LogP contribution in [0.4, 0.5) is 0 Å². The molecule has 0 fully saturated rings. The average molecular weight is 2750 g/mol. The van der Waals surface area contributed by atoms with Gasteiger partial charge in [-0.25, -0.2) is 21.3 Å². The van der Waals surface area contributed by atoms with Gasteiger partial charge >= 0.3 is 21.1 Å². The number of aryl methyl sites for hydroxylation is 4. The Morgan fingerprint density at radius 2 is 0.696 bits per heavy atom. The van der Waals surface area contributed by atoms with Crippen LogP contribution in [0.5, 0.6) is 0 Å². The predicted molar refractivity (Wildman–Crippen MR) is 553 cm³/mol. The molecule has 3 N–H and O–H groups in total. The van der Waals surface area contributed by atoms with E-state index < -0.39 is 0 Å². The minimum atomic E-state index is -0.125. The number of carbonyl (C=O) groups excluding carboxylic acids is 3. The van der Waals surface area contributed by atoms with Gasteiger partial charge in [0.2, 0.25) is 0 Å². The maximum atomic E-state index is 10.0. The van der Waals surface area contributed by atoms with Crippen LogP contribution in [0.2, 0.25) is 0 Å². The van der Waals surface area contributed by atoms with Crippen LogP contribution < -0.4 is 9.97 Å². The molecule has 8 aromatic heterocycles. The molecule has 17 aromatic rings. The Morgan fingerprint density at radius 3 is 1.09 bits per heavy atom. The average Bonchev–Trinajstić information content (AvgIpc) is 1.43. The maximum Gasteiger partial charge on any atom is 2.00 e. The van der Waals surface area contributed by atoms with E-state index in [2.05, 4.69) is 199 Å². The molecule has 19 rings (SSSR count). The van der Waals surface area contributed by atoms with Crippen molar-refractivity contribution in [3.05, 3.63) is 378 Å². The van der Waals surface area contributed by atoms with E-state index in [-0.39, 0.29) is 136 Å². The van der Waals surface area contributed by atoms with Gasteiger partial charge in [-0.2, -0.15) is 11.3 Å². The third kappa shape index (κ3) is 30.0. The van der Waals surface area contributed by atoms with Crippen molar-refractivity contribution in [2.45, 2.75) is 148 Å². The van der Waals surface area contributed by atoms with E-state index >= 15 is 0 Å². The number of hydrogen-bond acceptors (Lipinski definition) is 15. The summed E-state index contributed by atoms with van der Waals surface area (Å²) in [7, 11) is 0. The Balaban J connectivity index is 0.000000229. The van der Waals surface area contributed by atoms with Crippen LogP contribution >= 0.6 is 22.7 Å². The van der Waals surface area contributed by atoms with Gasteiger partial charge in [-0.1, -0.05) is 223 Å². The van der Waals surface area contributed by atoms with Crippen molar-refractivity contribution in [2.75, 3.05) is 0 Å². The Labute approximate surface area is 886 Å². The molecule has 0 saturated carbocycles. The number of para-hydroxylation sites is 4. The standard InChI is InChI=1S/C36H44N4.C20H13N2.C19H12N.2C13H8NS.3C5H8O2.4Ir.Pt/c1-9-21-22(10-2)30-18-32-25(13-5)26(14-6)34(39-32)20-36-28(16-8)27(15-7)35(40-36)19-33-24(12-4)23(11-3)31(38-33)17-29(21)37-30;1-3-9-15(10-4-1)19-20(16-11-5-2-6-12-16)22-18-14-8-7-13-17(18)21-19;1-2-8-14(9-3-1)19-17-12-5-4-10-15(17)16-11-6-7-13-18(16)20-19;1-2-7-12-10(5-1)9-13(15-12)11-6-3-4-8-14-11;1-2-6-10(7-3-1)13-14-11-8-4-5-9-12(11)15-13;3*1-4(6)3-5(2)7;;;;;/h17-20H,9-16H2,1-8H3;1-11,13-14H;1-8,10-13H;1-8H;1-6,8-9H;3*3,6H,1-2H3;;;;;/q-2;4*-1;;;;;;;;+2. The number of aliphatic hydroxyl groups excluding tert-OH is 3. The normalized spacial score (nSPS) is 11.3. The summed E-state index contributed by atoms with van der Waals surface area (Å²) in [6, 6.07) is 103. The Bertz CT molecular complexity index is 6740. The van der Waals surface area contributed by atoms with Gasteiger partial charge in [0.1, 0.15) is 0 Å². The zero-order valence-electron chi connectivity index (χ0n) is 79.4. The van der Waals surface area contributed by atoms with Gasteiger partial charge in [-0.15, -0.1) is 153 Å². The summed E-state index contributed by atoms with van der Waals surface area (Å²) in [4.78, 5) is 75.6. The number of thiazole rings is 1. The second kappa shape index (κ2) is 56.5. The number of allylic oxidation sites excluding steroid dienone is 10. The van der Waals surface area contributed by atoms with Gasteiger partial charge in [0.25, 0.3) is 0 Å². The van der Waals surface area contributed by atoms with E-state index in [0.29, 0.717) is 0 Å². The third-order valence-corrected chi connectivity index (χ3v) is 23.8. The number of aliphatic hydroxyl groups is 3. The van der Waals surface area contributed by atoms with E-state index in [1.54, 1.807) is 22.7 Å². The van der Waals surface area contributed by atoms with Crippen molar-refractivity contribution in [3.8, 4) is 54.9 Å². The van der Waals surface area contributed by atoms with Gasteiger partial charge in [0.05, 0.1) is 67.8 Å². The zero-order valence-corrected chi connectivity index (χ0v) is 92.9. The number of thiophene rings is 1. The smallest absolute Gasteiger partial charge is 0.657 e. The number of fused-ring (bicyclic) bond motifs is 14. The molecule has 138 heavy (non-hydrogen) atoms. The molecule has 2 aliphatic rings. The topological polar surface area (TPSA) is 230 Å². The number of pyridine rings is 2. The second-order valence-corrected chi connectivity index (χ2v) is 33.4. The zero-order chi connectivity index (χ0) is 94.5. The first kappa shape index (κ1) is 113. The van der Waals surface area contributed by atoms with Crippen molar-refractivity contribution in [1.82, 2.24) is 44.9 Å². The van der Waals surface area contributed by atoms with Gasteiger partial charge < -0.3 is 30.3 Å². The summed E-state index contributed by atoms with van der Waals surface area (Å²) < 4.78 is 2.49. The fourth-order valence-corrected chi connectivity index (χ4v) is 18.0. The van der Waals surface area contributed by atoms with Crippen molar-refractivity contribution in [2.24, 2.45) is 0 Å². The van der Waals surface area contributed by atoms with Crippen LogP contribution in [-0.4, -0.2) is 67.6 Å². The molecule has 9 aromatic carbocycles. The first-order valence-electron chi connectivity index (χ1n) is 45.0. The molecule has 15 nitrogen and oxygen atoms in total. The summed E-state index contributed by atoms with van der Waals surface area (Å²) in [5, 5.41) is 30.9. The fraction of sp³-hybridized carbons (Fsp3) is 0.190. The van der Waals surface area contributed by atoms with E-state index in [9.17, 15) is 14.4 Å². The summed E-state index contributed by atoms with van der Waals surface area (Å²) in [6.07, 6.45) is 12.9. The monoisotopic (exact) mass is 2750 g/mol. The molecule has 0 spiro atoms. The van der Waals surface area contributed by atoms with Crippen LogP contribution in [0.25, 0.3) is 152 Å². The molecule has 0 unspecified atom stereocenters. The molecule has 4 radical (unpaired) electrons. The van der Waals surface area contributed by atoms with E-state index in [4.69, 9.17) is 50.2 Å². The number of ketones is 3. The minimum absolute atomic E-state index is 0. The second-order valence-electron chi connectivity index (χ2n) is 31.3. The number of nitrogens with zero attached hydrogens (tertiary/aromatic N) is 9. The van der Waals surface area contributed by atoms with Crippen LogP contribution in [-0.2, 0) is 142 Å². The first-order valence-corrected chi connectivity index (χ1v) is 46.6. The quantitative estimate of drug-likeness (QED) is 0.0353. The van der Waals surface area contributed by atoms with Crippen LogP contribution in [0.3, 0.4) is 0 Å². The number of rotatable bonds is 16. The van der Waals surface area contributed by atoms with Gasteiger partial charge in [-0.3, -0.25) is 34.3 Å². The summed E-state index contributed by atoms with van der Waals surface area (Å²) in [5.41, 5.74) is 30.9. The molecule has 0 atom stereocenters. The van der Waals surface area contributed by atoms with Gasteiger partial charge in [-0.05, 0) is 183 Å². The number of aromatic nitrogens is 9. The van der Waals surface area contributed by atoms with Crippen molar-refractivity contribution in [1.29, 1.82) is 0 Å². The predicted octanol–water partition coefficient (Wildman–Crippen LogP) is 29.5. The number of hydrogen-bond donors (Lipinski definition) is 3. The van der Waals surface area contributed by atoms with Crippen molar-refractivity contribution in [3.63, 3.8) is 0 Å². The largest absolute Gasteiger partial charge is 2.00 e. The first-order chi connectivity index (χ1) is 64.5. The molecule has 0 amide bonds. The van der Waals surface area contributed by atoms with E-state index in [1.807, 2.05) is 164 Å². The number of benzene rings is 9. The van der Waals surface area contributed by atoms with Crippen molar-refractivity contribution < 1.29 is 131 Å². The van der Waals surface area contributed by atoms with Gasteiger partial charge in [0.15, 0.2) is 17.3 Å². The third-order valence-electron chi connectivity index (χ3n) is 21.7. The SMILES string of the molecule is CC(=O)C=C(C)O.CC(=O)C=C(C)O.CC(=O)C=C(C)O.CCC1=C(CC)c2cc3[n-]c(cc4nc(cc5[n-]c(cc1n2)c(CC)c5CC)C(CC)=C4CC)c(CC)c3CC.[Ir].[Ir].[Ir].[Ir].[Pt+2].[c-]1c(-c2ccccn2)sc2ccccc12.[c-]1ccccc1-c1nc2ccccc2c2ccccc12.[c-]1ccccc1-c1nc2ccccc2nc1-c1ccccc1.[c-]1ccccc1-c1nc2ccccc2s1. The van der Waals surface area contributed by atoms with Crippen molar-refractivity contribution >= 4 is 137 Å². The molecule has 8 bridgehead atoms.